The van der Waals surface area contributed by atoms with Crippen LogP contribution in [0.15, 0.2) is 53.5 Å². The Kier molecular flexibility index (Phi) is 5.09. The molecule has 0 saturated heterocycles. The highest BCUT2D eigenvalue weighted by molar-refractivity contribution is 7.98. The van der Waals surface area contributed by atoms with Gasteiger partial charge in [0, 0.05) is 23.4 Å². The number of hydrogen-bond donors (Lipinski definition) is 1. The first-order valence-corrected chi connectivity index (χ1v) is 9.03. The second-order valence-corrected chi connectivity index (χ2v) is 6.65. The third kappa shape index (κ3) is 4.00. The summed E-state index contributed by atoms with van der Waals surface area (Å²) in [6.07, 6.45) is 1.85. The highest BCUT2D eigenvalue weighted by Gasteiger charge is 2.10. The lowest BCUT2D eigenvalue weighted by Gasteiger charge is -2.04. The molecule has 0 radical (unpaired) electrons. The van der Waals surface area contributed by atoms with E-state index >= 15 is 0 Å². The van der Waals surface area contributed by atoms with Gasteiger partial charge in [0.1, 0.15) is 5.82 Å². The van der Waals surface area contributed by atoms with Crippen LogP contribution in [-0.4, -0.2) is 19.7 Å². The van der Waals surface area contributed by atoms with Crippen molar-refractivity contribution >= 4 is 33.9 Å². The topological polar surface area (TPSA) is 55.6 Å². The van der Waals surface area contributed by atoms with Gasteiger partial charge in [0.15, 0.2) is 10.3 Å². The number of aryl methyl sites for hydroxylation is 1. The Bertz CT molecular complexity index is 779. The number of thioether (sulfide) groups is 1. The first-order valence-electron chi connectivity index (χ1n) is 7.16. The van der Waals surface area contributed by atoms with E-state index in [9.17, 15) is 0 Å². The Morgan fingerprint density at radius 2 is 2.13 bits per heavy atom. The Balaban J connectivity index is 1.62. The molecule has 3 rings (SSSR count). The van der Waals surface area contributed by atoms with E-state index in [2.05, 4.69) is 32.5 Å². The van der Waals surface area contributed by atoms with E-state index in [0.717, 1.165) is 39.8 Å². The first-order chi connectivity index (χ1) is 11.3. The molecule has 0 bridgehead atoms. The molecule has 0 spiro atoms. The summed E-state index contributed by atoms with van der Waals surface area (Å²) in [7, 11) is 0. The van der Waals surface area contributed by atoms with Gasteiger partial charge in [0.25, 0.3) is 0 Å². The molecule has 0 atom stereocenters. The smallest absolute Gasteiger partial charge is 0.191 e. The summed E-state index contributed by atoms with van der Waals surface area (Å²) in [4.78, 5) is 4.61. The van der Waals surface area contributed by atoms with Crippen molar-refractivity contribution in [3.05, 3.63) is 59.9 Å². The lowest BCUT2D eigenvalue weighted by molar-refractivity contribution is 0.703. The average molecular weight is 343 g/mol. The number of aromatic nitrogens is 4. The number of hydrogen-bond acceptors (Lipinski definition) is 6. The number of nitrogens with zero attached hydrogens (tertiary/aromatic N) is 4. The third-order valence-corrected chi connectivity index (χ3v) is 4.95. The molecule has 0 aliphatic carbocycles. The number of rotatable bonds is 7. The van der Waals surface area contributed by atoms with Crippen LogP contribution in [-0.2, 0) is 12.3 Å². The molecule has 0 unspecified atom stereocenters. The van der Waals surface area contributed by atoms with Crippen LogP contribution in [0.2, 0.25) is 0 Å². The van der Waals surface area contributed by atoms with Crippen molar-refractivity contribution in [2.75, 3.05) is 5.32 Å². The van der Waals surface area contributed by atoms with Gasteiger partial charge in [-0.05, 0) is 19.1 Å². The third-order valence-electron chi connectivity index (χ3n) is 3.14. The van der Waals surface area contributed by atoms with Gasteiger partial charge in [-0.25, -0.2) is 4.98 Å². The van der Waals surface area contributed by atoms with Gasteiger partial charge in [-0.2, -0.15) is 0 Å². The zero-order valence-corrected chi connectivity index (χ0v) is 14.4. The average Bonchev–Trinajstić information content (AvgIpc) is 3.15. The van der Waals surface area contributed by atoms with Crippen LogP contribution in [0, 0.1) is 6.92 Å². The number of nitrogens with one attached hydrogen (secondary N) is 1. The van der Waals surface area contributed by atoms with Crippen molar-refractivity contribution in [1.82, 2.24) is 19.7 Å². The van der Waals surface area contributed by atoms with Gasteiger partial charge < -0.3 is 9.88 Å². The number of allylic oxidation sites excluding steroid dienone is 1. The predicted molar refractivity (Wildman–Crippen MR) is 96.4 cm³/mol. The normalized spacial score (nSPS) is 10.7. The Labute approximate surface area is 143 Å². The number of thiazole rings is 1. The van der Waals surface area contributed by atoms with Crippen LogP contribution >= 0.6 is 23.1 Å². The van der Waals surface area contributed by atoms with Crippen LogP contribution in [0.1, 0.15) is 11.5 Å². The van der Waals surface area contributed by atoms with Gasteiger partial charge in [-0.1, -0.05) is 36.0 Å². The molecule has 5 nitrogen and oxygen atoms in total. The van der Waals surface area contributed by atoms with Crippen LogP contribution in [0.3, 0.4) is 0 Å². The molecule has 2 aromatic heterocycles. The van der Waals surface area contributed by atoms with Crippen LogP contribution in [0.25, 0.3) is 0 Å². The fourth-order valence-corrected chi connectivity index (χ4v) is 3.74. The molecule has 0 amide bonds. The number of anilines is 2. The predicted octanol–water partition coefficient (Wildman–Crippen LogP) is 4.26. The second-order valence-electron chi connectivity index (χ2n) is 4.85. The van der Waals surface area contributed by atoms with E-state index in [4.69, 9.17) is 0 Å². The minimum absolute atomic E-state index is 0.721. The molecule has 0 fully saturated rings. The second kappa shape index (κ2) is 7.43. The van der Waals surface area contributed by atoms with E-state index in [1.54, 1.807) is 23.1 Å². The van der Waals surface area contributed by atoms with Gasteiger partial charge >= 0.3 is 0 Å². The minimum Gasteiger partial charge on any atom is -0.332 e. The summed E-state index contributed by atoms with van der Waals surface area (Å²) in [5, 5.41) is 15.5. The molecule has 0 aliphatic heterocycles. The van der Waals surface area contributed by atoms with Crippen molar-refractivity contribution in [2.24, 2.45) is 0 Å². The van der Waals surface area contributed by atoms with E-state index in [1.807, 2.05) is 47.9 Å². The van der Waals surface area contributed by atoms with Crippen LogP contribution < -0.4 is 5.32 Å². The van der Waals surface area contributed by atoms with E-state index in [0.29, 0.717) is 0 Å². The maximum absolute atomic E-state index is 4.61. The maximum atomic E-state index is 4.61. The van der Waals surface area contributed by atoms with Gasteiger partial charge in [-0.15, -0.1) is 28.1 Å². The molecule has 7 heteroatoms. The fraction of sp³-hybridized carbons (Fsp3) is 0.188. The molecule has 2 heterocycles. The lowest BCUT2D eigenvalue weighted by Crippen LogP contribution is -2.00. The molecule has 1 aromatic carbocycles. The monoisotopic (exact) mass is 343 g/mol. The fourth-order valence-electron chi connectivity index (χ4n) is 2.02. The number of benzene rings is 1. The molecule has 1 N–H and O–H groups in total. The summed E-state index contributed by atoms with van der Waals surface area (Å²) in [5.41, 5.74) is 2.08. The molecule has 23 heavy (non-hydrogen) atoms. The quantitative estimate of drug-likeness (QED) is 0.513. The molecule has 3 aromatic rings. The van der Waals surface area contributed by atoms with Crippen molar-refractivity contribution in [2.45, 2.75) is 24.4 Å². The van der Waals surface area contributed by atoms with Gasteiger partial charge in [-0.3, -0.25) is 0 Å². The maximum Gasteiger partial charge on any atom is 0.191 e. The van der Waals surface area contributed by atoms with Crippen LogP contribution in [0.5, 0.6) is 0 Å². The molecule has 0 saturated carbocycles. The van der Waals surface area contributed by atoms with Crippen molar-refractivity contribution in [3.63, 3.8) is 0 Å². The summed E-state index contributed by atoms with van der Waals surface area (Å²) in [6.45, 7) is 6.45. The summed E-state index contributed by atoms with van der Waals surface area (Å²) < 4.78 is 2.05. The summed E-state index contributed by atoms with van der Waals surface area (Å²) in [5.74, 6) is 1.67. The molecular weight excluding hydrogens is 326 g/mol. The minimum atomic E-state index is 0.721. The van der Waals surface area contributed by atoms with E-state index < -0.39 is 0 Å². The largest absolute Gasteiger partial charge is 0.332 e. The van der Waals surface area contributed by atoms with E-state index in [1.165, 1.54) is 0 Å². The first kappa shape index (κ1) is 15.8. The van der Waals surface area contributed by atoms with Crippen molar-refractivity contribution in [3.8, 4) is 0 Å². The molecular formula is C16H17N5S2. The molecule has 118 valence electrons. The van der Waals surface area contributed by atoms with Crippen LogP contribution in [0.4, 0.5) is 10.8 Å². The summed E-state index contributed by atoms with van der Waals surface area (Å²) >= 11 is 3.24. The van der Waals surface area contributed by atoms with E-state index in [-0.39, 0.29) is 0 Å². The number of para-hydroxylation sites is 1. The molecule has 0 aliphatic rings. The Hall–Kier alpha value is -2.12. The lowest BCUT2D eigenvalue weighted by atomic mass is 10.3. The standard InChI is InChI=1S/C16H17N5S2/c1-3-9-21-12(2)19-20-16(21)23-11-14-10-22-15(18-14)17-13-7-5-4-6-8-13/h3-8,10H,1,9,11H2,2H3,(H,17,18). The SMILES string of the molecule is C=CCn1c(C)nnc1SCc1csc(Nc2ccccc2)n1. The van der Waals surface area contributed by atoms with Crippen molar-refractivity contribution < 1.29 is 0 Å². The van der Waals surface area contributed by atoms with Gasteiger partial charge in [0.05, 0.1) is 5.69 Å². The van der Waals surface area contributed by atoms with Gasteiger partial charge in [0.2, 0.25) is 0 Å². The zero-order chi connectivity index (χ0) is 16.1. The highest BCUT2D eigenvalue weighted by atomic mass is 32.2. The zero-order valence-electron chi connectivity index (χ0n) is 12.8. The highest BCUT2D eigenvalue weighted by Crippen LogP contribution is 2.26. The summed E-state index contributed by atoms with van der Waals surface area (Å²) in [6, 6.07) is 10.0. The Morgan fingerprint density at radius 3 is 2.91 bits per heavy atom. The van der Waals surface area contributed by atoms with Crippen molar-refractivity contribution in [1.29, 1.82) is 0 Å². The Morgan fingerprint density at radius 1 is 1.30 bits per heavy atom.